The van der Waals surface area contributed by atoms with Crippen LogP contribution in [0, 0.1) is 0 Å². The normalized spacial score (nSPS) is 19.6. The Morgan fingerprint density at radius 3 is 2.29 bits per heavy atom. The number of carbonyl (C=O) groups is 2. The molecule has 1 aliphatic carbocycles. The van der Waals surface area contributed by atoms with Crippen molar-refractivity contribution in [1.82, 2.24) is 10.2 Å². The second-order valence-corrected chi connectivity index (χ2v) is 13.7. The van der Waals surface area contributed by atoms with Crippen molar-refractivity contribution in [2.24, 2.45) is 0 Å². The molecule has 9 heteroatoms. The van der Waals surface area contributed by atoms with E-state index in [1.165, 1.54) is 22.3 Å². The van der Waals surface area contributed by atoms with E-state index < -0.39 is 6.04 Å². The van der Waals surface area contributed by atoms with Crippen LogP contribution in [0.15, 0.2) is 103 Å². The summed E-state index contributed by atoms with van der Waals surface area (Å²) in [7, 11) is 0. The van der Waals surface area contributed by atoms with Crippen LogP contribution in [0.1, 0.15) is 75.7 Å². The molecule has 2 aliphatic heterocycles. The number of amides is 2. The molecule has 0 bridgehead atoms. The van der Waals surface area contributed by atoms with Crippen molar-refractivity contribution in [1.29, 1.82) is 0 Å². The van der Waals surface area contributed by atoms with Gasteiger partial charge in [0.25, 0.3) is 5.91 Å². The standard InChI is InChI=1S/C43H46N2O7/c1-29-8-19-40(42(47)44-29)45-28-33-27-36(15-18-39(33)43(45)48)51-21-5-20-49-22-23-50-24-25-52-35-13-9-31(10-14-35)41-37(30-6-3-2-4-7-30)16-11-32-26-34(46)12-17-38(32)41/h2-4,6-7,9-10,12-15,17-18,26-27,37,40-41,46H,1,5,8,11,16,19-25,28H2,(H,44,47)/t37-,40+,41+/m1/s1. The number of hydrogen-bond donors (Lipinski definition) is 2. The maximum Gasteiger partial charge on any atom is 0.255 e. The predicted octanol–water partition coefficient (Wildman–Crippen LogP) is 6.88. The summed E-state index contributed by atoms with van der Waals surface area (Å²) in [6.45, 7) is 7.12. The highest BCUT2D eigenvalue weighted by molar-refractivity contribution is 6.01. The Balaban J connectivity index is 0.784. The lowest BCUT2D eigenvalue weighted by Gasteiger charge is -2.34. The van der Waals surface area contributed by atoms with Crippen molar-refractivity contribution >= 4 is 11.8 Å². The average molecular weight is 703 g/mol. The third-order valence-electron chi connectivity index (χ3n) is 10.2. The maximum atomic E-state index is 12.9. The number of fused-ring (bicyclic) bond motifs is 2. The zero-order valence-corrected chi connectivity index (χ0v) is 29.4. The lowest BCUT2D eigenvalue weighted by Crippen LogP contribution is -2.49. The first-order valence-corrected chi connectivity index (χ1v) is 18.2. The Morgan fingerprint density at radius 1 is 0.731 bits per heavy atom. The summed E-state index contributed by atoms with van der Waals surface area (Å²) in [6, 6.07) is 29.9. The molecule has 2 amide bonds. The number of phenols is 1. The number of benzene rings is 4. The fourth-order valence-electron chi connectivity index (χ4n) is 7.66. The third-order valence-corrected chi connectivity index (χ3v) is 10.2. The van der Waals surface area contributed by atoms with Crippen molar-refractivity contribution in [3.63, 3.8) is 0 Å². The van der Waals surface area contributed by atoms with Gasteiger partial charge in [0.15, 0.2) is 0 Å². The Kier molecular flexibility index (Phi) is 11.2. The van der Waals surface area contributed by atoms with E-state index in [9.17, 15) is 14.7 Å². The molecule has 9 nitrogen and oxygen atoms in total. The Morgan fingerprint density at radius 2 is 1.48 bits per heavy atom. The van der Waals surface area contributed by atoms with Gasteiger partial charge in [0.2, 0.25) is 5.91 Å². The molecule has 0 spiro atoms. The van der Waals surface area contributed by atoms with Gasteiger partial charge in [0.1, 0.15) is 29.9 Å². The first-order valence-electron chi connectivity index (χ1n) is 18.2. The van der Waals surface area contributed by atoms with Gasteiger partial charge in [-0.1, -0.05) is 55.1 Å². The second kappa shape index (κ2) is 16.5. The lowest BCUT2D eigenvalue weighted by atomic mass is 9.69. The molecular weight excluding hydrogens is 656 g/mol. The highest BCUT2D eigenvalue weighted by Crippen LogP contribution is 2.47. The van der Waals surface area contributed by atoms with Crippen LogP contribution in [0.2, 0.25) is 0 Å². The van der Waals surface area contributed by atoms with E-state index in [0.29, 0.717) is 94.1 Å². The van der Waals surface area contributed by atoms with Crippen molar-refractivity contribution in [3.8, 4) is 17.2 Å². The van der Waals surface area contributed by atoms with E-state index in [-0.39, 0.29) is 17.7 Å². The molecule has 2 N–H and O–H groups in total. The van der Waals surface area contributed by atoms with Crippen LogP contribution >= 0.6 is 0 Å². The third kappa shape index (κ3) is 8.16. The number of rotatable bonds is 15. The molecule has 52 heavy (non-hydrogen) atoms. The summed E-state index contributed by atoms with van der Waals surface area (Å²) in [5.74, 6) is 2.10. The molecule has 0 radical (unpaired) electrons. The molecule has 7 rings (SSSR count). The minimum absolute atomic E-state index is 0.118. The summed E-state index contributed by atoms with van der Waals surface area (Å²) in [6.07, 6.45) is 3.95. The number of ether oxygens (including phenoxy) is 4. The van der Waals surface area contributed by atoms with Gasteiger partial charge in [-0.3, -0.25) is 9.59 Å². The Hall–Kier alpha value is -5.12. The molecule has 4 aromatic carbocycles. The van der Waals surface area contributed by atoms with E-state index in [2.05, 4.69) is 60.4 Å². The number of hydrogen-bond acceptors (Lipinski definition) is 7. The SMILES string of the molecule is C=C1CC[C@H](N2Cc3cc(OCCCOCCOCCOc4ccc([C@@H]5c6ccc(O)cc6CC[C@@H]5c5ccccc5)cc4)ccc3C2=O)C(=O)N1. The number of phenolic OH excluding ortho intramolecular Hbond substituents is 1. The van der Waals surface area contributed by atoms with Gasteiger partial charge in [0, 0.05) is 36.8 Å². The van der Waals surface area contributed by atoms with Gasteiger partial charge >= 0.3 is 0 Å². The van der Waals surface area contributed by atoms with Crippen molar-refractivity contribution in [2.75, 3.05) is 39.6 Å². The number of piperidine rings is 1. The molecule has 3 aliphatic rings. The molecule has 4 aromatic rings. The van der Waals surface area contributed by atoms with E-state index in [1.54, 1.807) is 23.1 Å². The number of nitrogens with zero attached hydrogens (tertiary/aromatic N) is 1. The average Bonchev–Trinajstić information content (AvgIpc) is 3.48. The van der Waals surface area contributed by atoms with Gasteiger partial charge in [0.05, 0.1) is 26.4 Å². The van der Waals surface area contributed by atoms with Gasteiger partial charge in [-0.15, -0.1) is 0 Å². The smallest absolute Gasteiger partial charge is 0.255 e. The molecule has 270 valence electrons. The van der Waals surface area contributed by atoms with Crippen LogP contribution in [0.3, 0.4) is 0 Å². The van der Waals surface area contributed by atoms with Gasteiger partial charge in [-0.25, -0.2) is 0 Å². The molecule has 2 heterocycles. The van der Waals surface area contributed by atoms with Crippen molar-refractivity contribution in [2.45, 2.75) is 56.5 Å². The molecule has 0 aromatic heterocycles. The molecule has 3 atom stereocenters. The molecule has 0 unspecified atom stereocenters. The summed E-state index contributed by atoms with van der Waals surface area (Å²) in [5.41, 5.74) is 7.26. The van der Waals surface area contributed by atoms with Gasteiger partial charge < -0.3 is 34.3 Å². The van der Waals surface area contributed by atoms with Gasteiger partial charge in [-0.05, 0) is 102 Å². The molecule has 0 saturated carbocycles. The van der Waals surface area contributed by atoms with Crippen LogP contribution in [0.5, 0.6) is 17.2 Å². The van der Waals surface area contributed by atoms with E-state index in [0.717, 1.165) is 24.2 Å². The van der Waals surface area contributed by atoms with Crippen LogP contribution in [0.4, 0.5) is 0 Å². The van der Waals surface area contributed by atoms with Crippen molar-refractivity contribution in [3.05, 3.63) is 137 Å². The van der Waals surface area contributed by atoms with Crippen LogP contribution in [-0.2, 0) is 27.2 Å². The van der Waals surface area contributed by atoms with Gasteiger partial charge in [-0.2, -0.15) is 0 Å². The molecule has 1 saturated heterocycles. The minimum atomic E-state index is -0.473. The van der Waals surface area contributed by atoms with E-state index >= 15 is 0 Å². The first-order chi connectivity index (χ1) is 25.4. The predicted molar refractivity (Wildman–Crippen MR) is 198 cm³/mol. The number of aromatic hydroxyl groups is 1. The topological polar surface area (TPSA) is 107 Å². The minimum Gasteiger partial charge on any atom is -0.508 e. The second-order valence-electron chi connectivity index (χ2n) is 13.7. The Bertz CT molecular complexity index is 1880. The lowest BCUT2D eigenvalue weighted by molar-refractivity contribution is -0.126. The zero-order valence-electron chi connectivity index (χ0n) is 29.4. The number of aryl methyl sites for hydroxylation is 1. The molecular formula is C43H46N2O7. The monoisotopic (exact) mass is 702 g/mol. The highest BCUT2D eigenvalue weighted by Gasteiger charge is 2.38. The summed E-state index contributed by atoms with van der Waals surface area (Å²) in [5, 5.41) is 12.9. The van der Waals surface area contributed by atoms with Crippen LogP contribution < -0.4 is 14.8 Å². The summed E-state index contributed by atoms with van der Waals surface area (Å²) < 4.78 is 23.3. The van der Waals surface area contributed by atoms with Crippen LogP contribution in [-0.4, -0.2) is 67.5 Å². The zero-order chi connectivity index (χ0) is 35.9. The van der Waals surface area contributed by atoms with E-state index in [1.807, 2.05) is 24.3 Å². The van der Waals surface area contributed by atoms with Crippen molar-refractivity contribution < 1.29 is 33.6 Å². The van der Waals surface area contributed by atoms with E-state index in [4.69, 9.17) is 18.9 Å². The quantitative estimate of drug-likeness (QED) is 0.130. The largest absolute Gasteiger partial charge is 0.508 e. The van der Waals surface area contributed by atoms with Crippen LogP contribution in [0.25, 0.3) is 0 Å². The summed E-state index contributed by atoms with van der Waals surface area (Å²) in [4.78, 5) is 27.0. The summed E-state index contributed by atoms with van der Waals surface area (Å²) >= 11 is 0. The maximum absolute atomic E-state index is 12.9. The first kappa shape index (κ1) is 35.3. The molecule has 1 fully saturated rings. The highest BCUT2D eigenvalue weighted by atomic mass is 16.5. The fraction of sp³-hybridized carbons (Fsp3) is 0.349. The number of allylic oxidation sites excluding steroid dienone is 1. The number of carbonyl (C=O) groups excluding carboxylic acids is 2. The number of nitrogens with one attached hydrogen (secondary N) is 1. The Labute approximate surface area is 305 Å². The fourth-order valence-corrected chi connectivity index (χ4v) is 7.66.